The molecule has 0 atom stereocenters. The largest absolute Gasteiger partial charge is 0.391 e. The van der Waals surface area contributed by atoms with Gasteiger partial charge in [0, 0.05) is 24.6 Å². The van der Waals surface area contributed by atoms with Crippen molar-refractivity contribution < 1.29 is 13.2 Å². The number of aliphatic imine (C=N–C) groups is 1. The summed E-state index contributed by atoms with van der Waals surface area (Å²) in [6.07, 6.45) is -2.34. The van der Waals surface area contributed by atoms with Gasteiger partial charge in [-0.05, 0) is 31.6 Å². The normalized spacial score (nSPS) is 23.2. The number of guanidine groups is 1. The first kappa shape index (κ1) is 21.0. The van der Waals surface area contributed by atoms with Gasteiger partial charge in [-0.1, -0.05) is 22.5 Å². The molecule has 1 rings (SSSR count). The third kappa shape index (κ3) is 8.27. The molecule has 0 amide bonds. The summed E-state index contributed by atoms with van der Waals surface area (Å²) in [4.78, 5) is 4.05. The Kier molecular flexibility index (Phi) is 9.92. The van der Waals surface area contributed by atoms with Crippen molar-refractivity contribution in [3.63, 3.8) is 0 Å². The Bertz CT molecular complexity index is 353. The molecule has 0 aromatic heterocycles. The average molecular weight is 484 g/mol. The van der Waals surface area contributed by atoms with E-state index in [1.807, 2.05) is 0 Å². The molecule has 3 nitrogen and oxygen atoms in total. The third-order valence-corrected chi connectivity index (χ3v) is 3.82. The lowest BCUT2D eigenvalue weighted by atomic mass is 9.81. The third-order valence-electron chi connectivity index (χ3n) is 3.54. The van der Waals surface area contributed by atoms with Gasteiger partial charge in [-0.15, -0.1) is 24.0 Å². The number of alkyl halides is 3. The molecule has 0 radical (unpaired) electrons. The van der Waals surface area contributed by atoms with E-state index in [1.165, 1.54) is 0 Å². The lowest BCUT2D eigenvalue weighted by molar-refractivity contribution is -0.183. The maximum atomic E-state index is 12.6. The van der Waals surface area contributed by atoms with Crippen LogP contribution in [-0.4, -0.2) is 32.3 Å². The highest BCUT2D eigenvalue weighted by molar-refractivity contribution is 14.0. The van der Waals surface area contributed by atoms with Gasteiger partial charge in [0.2, 0.25) is 0 Å². The molecule has 21 heavy (non-hydrogen) atoms. The predicted octanol–water partition coefficient (Wildman–Crippen LogP) is 4.05. The fourth-order valence-corrected chi connectivity index (χ4v) is 2.48. The Balaban J connectivity index is 0.00000400. The lowest BCUT2D eigenvalue weighted by Crippen LogP contribution is -2.41. The molecule has 0 unspecified atom stereocenters. The summed E-state index contributed by atoms with van der Waals surface area (Å²) in [5.41, 5.74) is 0. The summed E-state index contributed by atoms with van der Waals surface area (Å²) in [7, 11) is 1.66. The lowest BCUT2D eigenvalue weighted by Gasteiger charge is -2.30. The molecular weight excluding hydrogens is 462 g/mol. The van der Waals surface area contributed by atoms with Gasteiger partial charge in [-0.3, -0.25) is 4.99 Å². The zero-order valence-corrected chi connectivity index (χ0v) is 15.9. The molecule has 0 spiro atoms. The molecule has 2 N–H and O–H groups in total. The van der Waals surface area contributed by atoms with E-state index in [0.717, 1.165) is 4.48 Å². The molecule has 1 saturated carbocycles. The number of rotatable bonds is 4. The van der Waals surface area contributed by atoms with Crippen LogP contribution in [-0.2, 0) is 0 Å². The second-order valence-corrected chi connectivity index (χ2v) is 6.20. The van der Waals surface area contributed by atoms with Gasteiger partial charge in [0.15, 0.2) is 5.96 Å². The van der Waals surface area contributed by atoms with E-state index < -0.39 is 12.1 Å². The summed E-state index contributed by atoms with van der Waals surface area (Å²) in [5, 5.41) is 6.20. The second-order valence-electron chi connectivity index (χ2n) is 5.08. The quantitative estimate of drug-likeness (QED) is 0.359. The van der Waals surface area contributed by atoms with Crippen molar-refractivity contribution in [1.82, 2.24) is 10.6 Å². The van der Waals surface area contributed by atoms with E-state index in [-0.39, 0.29) is 42.7 Å². The molecule has 124 valence electrons. The molecule has 1 aliphatic rings. The first-order valence-corrected chi connectivity index (χ1v) is 7.46. The minimum atomic E-state index is -4.04. The van der Waals surface area contributed by atoms with Crippen molar-refractivity contribution in [3.8, 4) is 0 Å². The first-order valence-electron chi connectivity index (χ1n) is 6.67. The second kappa shape index (κ2) is 9.91. The maximum Gasteiger partial charge on any atom is 0.391 e. The Labute approximate surface area is 149 Å². The highest BCUT2D eigenvalue weighted by Crippen LogP contribution is 2.39. The Morgan fingerprint density at radius 1 is 1.24 bits per heavy atom. The standard InChI is InChI=1S/C13H21BrF3N3.HI/c1-9(14)7-19-12(18-2)20-8-10-3-5-11(6-4-10)13(15,16)17;/h10-11H,1,3-8H2,2H3,(H2,18,19,20);1H. The summed E-state index contributed by atoms with van der Waals surface area (Å²) in [6, 6.07) is 0. The van der Waals surface area contributed by atoms with Crippen molar-refractivity contribution in [1.29, 1.82) is 0 Å². The molecule has 0 heterocycles. The van der Waals surface area contributed by atoms with Crippen LogP contribution < -0.4 is 10.6 Å². The van der Waals surface area contributed by atoms with E-state index in [1.54, 1.807) is 7.05 Å². The number of halogens is 5. The van der Waals surface area contributed by atoms with Crippen LogP contribution in [0.25, 0.3) is 0 Å². The molecule has 0 aromatic rings. The maximum absolute atomic E-state index is 12.6. The van der Waals surface area contributed by atoms with E-state index in [9.17, 15) is 13.2 Å². The summed E-state index contributed by atoms with van der Waals surface area (Å²) >= 11 is 3.24. The van der Waals surface area contributed by atoms with E-state index >= 15 is 0 Å². The number of nitrogens with one attached hydrogen (secondary N) is 2. The van der Waals surface area contributed by atoms with E-state index in [2.05, 4.69) is 38.1 Å². The molecule has 8 heteroatoms. The SMILES string of the molecule is C=C(Br)CNC(=NC)NCC1CCC(C(F)(F)F)CC1.I. The zero-order valence-electron chi connectivity index (χ0n) is 12.0. The first-order chi connectivity index (χ1) is 9.32. The Hall–Kier alpha value is 0.01000. The molecule has 0 aliphatic heterocycles. The van der Waals surface area contributed by atoms with Crippen LogP contribution in [0.2, 0.25) is 0 Å². The van der Waals surface area contributed by atoms with Gasteiger partial charge >= 0.3 is 6.18 Å². The van der Waals surface area contributed by atoms with Crippen LogP contribution in [0.15, 0.2) is 16.1 Å². The van der Waals surface area contributed by atoms with Crippen LogP contribution in [0.3, 0.4) is 0 Å². The number of hydrogen-bond donors (Lipinski definition) is 2. The van der Waals surface area contributed by atoms with Crippen molar-refractivity contribution in [2.24, 2.45) is 16.8 Å². The van der Waals surface area contributed by atoms with Gasteiger partial charge in [-0.25, -0.2) is 0 Å². The fraction of sp³-hybridized carbons (Fsp3) is 0.769. The number of nitrogens with zero attached hydrogens (tertiary/aromatic N) is 1. The van der Waals surface area contributed by atoms with Gasteiger partial charge in [0.05, 0.1) is 5.92 Å². The van der Waals surface area contributed by atoms with Gasteiger partial charge in [0.1, 0.15) is 0 Å². The smallest absolute Gasteiger partial charge is 0.356 e. The fourth-order valence-electron chi connectivity index (χ4n) is 2.34. The molecule has 1 aliphatic carbocycles. The Morgan fingerprint density at radius 2 is 1.81 bits per heavy atom. The molecule has 0 saturated heterocycles. The van der Waals surface area contributed by atoms with Gasteiger partial charge in [0.25, 0.3) is 0 Å². The molecule has 0 aromatic carbocycles. The minimum absolute atomic E-state index is 0. The van der Waals surface area contributed by atoms with Crippen molar-refractivity contribution >= 4 is 45.9 Å². The number of hydrogen-bond acceptors (Lipinski definition) is 1. The predicted molar refractivity (Wildman–Crippen MR) is 94.3 cm³/mol. The topological polar surface area (TPSA) is 36.4 Å². The van der Waals surface area contributed by atoms with Crippen molar-refractivity contribution in [2.75, 3.05) is 20.1 Å². The van der Waals surface area contributed by atoms with Crippen LogP contribution in [0.1, 0.15) is 25.7 Å². The van der Waals surface area contributed by atoms with Gasteiger partial charge < -0.3 is 10.6 Å². The van der Waals surface area contributed by atoms with Crippen LogP contribution >= 0.6 is 39.9 Å². The van der Waals surface area contributed by atoms with Crippen LogP contribution in [0, 0.1) is 11.8 Å². The van der Waals surface area contributed by atoms with Crippen molar-refractivity contribution in [2.45, 2.75) is 31.9 Å². The van der Waals surface area contributed by atoms with Crippen molar-refractivity contribution in [3.05, 3.63) is 11.1 Å². The summed E-state index contributed by atoms with van der Waals surface area (Å²) < 4.78 is 38.5. The molecule has 1 fully saturated rings. The average Bonchev–Trinajstić information content (AvgIpc) is 2.38. The zero-order chi connectivity index (χ0) is 15.2. The highest BCUT2D eigenvalue weighted by atomic mass is 127. The minimum Gasteiger partial charge on any atom is -0.356 e. The summed E-state index contributed by atoms with van der Waals surface area (Å²) in [6.45, 7) is 4.92. The molecule has 0 bridgehead atoms. The van der Waals surface area contributed by atoms with E-state index in [0.29, 0.717) is 31.9 Å². The highest BCUT2D eigenvalue weighted by Gasteiger charge is 2.41. The Morgan fingerprint density at radius 3 is 2.24 bits per heavy atom. The summed E-state index contributed by atoms with van der Waals surface area (Å²) in [5.74, 6) is -0.198. The van der Waals surface area contributed by atoms with Crippen LogP contribution in [0.5, 0.6) is 0 Å². The van der Waals surface area contributed by atoms with Crippen LogP contribution in [0.4, 0.5) is 13.2 Å². The monoisotopic (exact) mass is 483 g/mol. The molecular formula is C13H22BrF3IN3. The van der Waals surface area contributed by atoms with Gasteiger partial charge in [-0.2, -0.15) is 13.2 Å². The van der Waals surface area contributed by atoms with E-state index in [4.69, 9.17) is 0 Å².